The van der Waals surface area contributed by atoms with Crippen molar-refractivity contribution in [3.05, 3.63) is 130 Å². The van der Waals surface area contributed by atoms with E-state index in [1.165, 1.54) is 24.3 Å². The van der Waals surface area contributed by atoms with Gasteiger partial charge < -0.3 is 15.2 Å². The molecule has 1 saturated carbocycles. The van der Waals surface area contributed by atoms with Crippen LogP contribution < -0.4 is 15.8 Å². The van der Waals surface area contributed by atoms with Crippen LogP contribution in [0, 0.1) is 30.6 Å². The SMILES string of the molecule is Cc1ccc(NN2C(=O)C3CC4C(=CCC5C(=O)N(c6cccc(B(O)O)c6)C(=O)C54)C(c4ccc(O)cc4Cl)C3(c3ccccc3)C2=O)cc1. The molecule has 0 aromatic heterocycles. The van der Waals surface area contributed by atoms with E-state index in [9.17, 15) is 29.5 Å². The van der Waals surface area contributed by atoms with Gasteiger partial charge in [0.05, 0.1) is 34.5 Å². The number of imide groups is 2. The summed E-state index contributed by atoms with van der Waals surface area (Å²) < 4.78 is 0. The number of aromatic hydroxyl groups is 1. The van der Waals surface area contributed by atoms with E-state index >= 15 is 4.79 Å². The molecule has 4 N–H and O–H groups in total. The maximum atomic E-state index is 15.2. The number of phenolic OH excluding ortho intramolecular Hbond substituents is 1. The first-order chi connectivity index (χ1) is 24.5. The Hall–Kier alpha value is -5.23. The van der Waals surface area contributed by atoms with Gasteiger partial charge in [0, 0.05) is 10.9 Å². The topological polar surface area (TPSA) is 147 Å². The number of anilines is 2. The summed E-state index contributed by atoms with van der Waals surface area (Å²) in [5.41, 5.74) is 5.32. The van der Waals surface area contributed by atoms with Crippen LogP contribution in [-0.4, -0.2) is 50.9 Å². The van der Waals surface area contributed by atoms with Gasteiger partial charge in [-0.2, -0.15) is 5.01 Å². The van der Waals surface area contributed by atoms with Gasteiger partial charge >= 0.3 is 7.12 Å². The second-order valence-corrected chi connectivity index (χ2v) is 14.2. The molecule has 0 spiro atoms. The van der Waals surface area contributed by atoms with Crippen molar-refractivity contribution in [2.24, 2.45) is 23.7 Å². The lowest BCUT2D eigenvalue weighted by molar-refractivity contribution is -0.138. The summed E-state index contributed by atoms with van der Waals surface area (Å²) in [6, 6.07) is 27.0. The molecule has 4 aliphatic rings. The molecule has 51 heavy (non-hydrogen) atoms. The molecule has 256 valence electrons. The summed E-state index contributed by atoms with van der Waals surface area (Å²) in [6.07, 6.45) is 2.24. The number of nitrogens with zero attached hydrogens (tertiary/aromatic N) is 2. The lowest BCUT2D eigenvalue weighted by atomic mass is 9.49. The van der Waals surface area contributed by atoms with Crippen LogP contribution in [0.2, 0.25) is 5.02 Å². The highest BCUT2D eigenvalue weighted by molar-refractivity contribution is 6.58. The zero-order chi connectivity index (χ0) is 35.8. The predicted molar refractivity (Wildman–Crippen MR) is 191 cm³/mol. The molecule has 10 nitrogen and oxygen atoms in total. The summed E-state index contributed by atoms with van der Waals surface area (Å²) >= 11 is 6.92. The molecular weight excluding hydrogens is 669 g/mol. The van der Waals surface area contributed by atoms with Gasteiger partial charge in [-0.05, 0) is 78.7 Å². The number of hydrogen-bond acceptors (Lipinski definition) is 8. The van der Waals surface area contributed by atoms with Crippen LogP contribution in [0.3, 0.4) is 0 Å². The molecule has 2 saturated heterocycles. The fourth-order valence-corrected chi connectivity index (χ4v) is 9.20. The van der Waals surface area contributed by atoms with E-state index in [0.717, 1.165) is 21.0 Å². The van der Waals surface area contributed by atoms with Crippen molar-refractivity contribution < 1.29 is 34.3 Å². The van der Waals surface area contributed by atoms with Crippen LogP contribution in [0.25, 0.3) is 0 Å². The number of carbonyl (C=O) groups excluding carboxylic acids is 4. The molecule has 2 heterocycles. The zero-order valence-corrected chi connectivity index (χ0v) is 28.2. The van der Waals surface area contributed by atoms with Gasteiger partial charge in [0.2, 0.25) is 11.8 Å². The molecule has 8 rings (SSSR count). The number of fused-ring (bicyclic) bond motifs is 4. The molecule has 2 aliphatic carbocycles. The number of allylic oxidation sites excluding steroid dienone is 2. The van der Waals surface area contributed by atoms with Crippen LogP contribution in [0.15, 0.2) is 109 Å². The number of rotatable bonds is 6. The highest BCUT2D eigenvalue weighted by Crippen LogP contribution is 2.64. The number of phenols is 1. The van der Waals surface area contributed by atoms with E-state index in [-0.39, 0.29) is 34.8 Å². The summed E-state index contributed by atoms with van der Waals surface area (Å²) in [4.78, 5) is 59.6. The molecule has 2 aliphatic heterocycles. The quantitative estimate of drug-likeness (QED) is 0.133. The fourth-order valence-electron chi connectivity index (χ4n) is 8.92. The molecule has 3 fully saturated rings. The second-order valence-electron chi connectivity index (χ2n) is 13.8. The first-order valence-corrected chi connectivity index (χ1v) is 17.2. The Balaban J connectivity index is 1.31. The highest BCUT2D eigenvalue weighted by atomic mass is 35.5. The van der Waals surface area contributed by atoms with E-state index in [4.69, 9.17) is 11.6 Å². The van der Waals surface area contributed by atoms with Gasteiger partial charge in [0.15, 0.2) is 0 Å². The second kappa shape index (κ2) is 12.2. The maximum Gasteiger partial charge on any atom is 0.488 e. The average Bonchev–Trinajstić information content (AvgIpc) is 3.50. The smallest absolute Gasteiger partial charge is 0.488 e. The van der Waals surface area contributed by atoms with Crippen molar-refractivity contribution in [2.75, 3.05) is 10.3 Å². The minimum atomic E-state index is -1.80. The molecule has 0 radical (unpaired) electrons. The Kier molecular flexibility index (Phi) is 7.90. The zero-order valence-electron chi connectivity index (χ0n) is 27.4. The van der Waals surface area contributed by atoms with Crippen molar-refractivity contribution in [3.8, 4) is 5.75 Å². The first kappa shape index (κ1) is 32.9. The summed E-state index contributed by atoms with van der Waals surface area (Å²) in [5, 5.41) is 31.3. The van der Waals surface area contributed by atoms with Crippen LogP contribution in [0.1, 0.15) is 35.4 Å². The van der Waals surface area contributed by atoms with E-state index in [1.807, 2.05) is 55.5 Å². The number of amides is 4. The number of nitrogens with one attached hydrogen (secondary N) is 1. The number of hydrogen-bond donors (Lipinski definition) is 4. The first-order valence-electron chi connectivity index (χ1n) is 16.8. The largest absolute Gasteiger partial charge is 0.508 e. The Labute approximate surface area is 299 Å². The number of aryl methyl sites for hydroxylation is 1. The molecule has 12 heteroatoms. The maximum absolute atomic E-state index is 15.2. The van der Waals surface area contributed by atoms with Crippen LogP contribution >= 0.6 is 11.6 Å². The number of hydrazine groups is 1. The summed E-state index contributed by atoms with van der Waals surface area (Å²) in [7, 11) is -1.80. The highest BCUT2D eigenvalue weighted by Gasteiger charge is 2.70. The van der Waals surface area contributed by atoms with Crippen molar-refractivity contribution >= 4 is 59.2 Å². The lowest BCUT2D eigenvalue weighted by Crippen LogP contribution is -2.53. The molecule has 4 aromatic rings. The Morgan fingerprint density at radius 1 is 0.843 bits per heavy atom. The molecule has 0 bridgehead atoms. The van der Waals surface area contributed by atoms with Crippen LogP contribution in [0.4, 0.5) is 11.4 Å². The van der Waals surface area contributed by atoms with E-state index in [0.29, 0.717) is 16.8 Å². The third-order valence-electron chi connectivity index (χ3n) is 11.1. The van der Waals surface area contributed by atoms with Gasteiger partial charge in [-0.25, -0.2) is 0 Å². The van der Waals surface area contributed by atoms with E-state index in [2.05, 4.69) is 5.43 Å². The average molecular weight is 702 g/mol. The summed E-state index contributed by atoms with van der Waals surface area (Å²) in [5.74, 6) is -5.91. The number of carbonyl (C=O) groups is 4. The van der Waals surface area contributed by atoms with E-state index < -0.39 is 65.8 Å². The van der Waals surface area contributed by atoms with Crippen molar-refractivity contribution in [3.63, 3.8) is 0 Å². The third-order valence-corrected chi connectivity index (χ3v) is 11.4. The standard InChI is InChI=1S/C39H33BClN3O7/c1-21-10-12-24(13-11-21)42-44-36(47)31-20-30-27(16-17-29-33(30)37(48)43(35(29)46)25-9-5-8-23(18-25)40(50)51)34(28-15-14-26(45)19-32(28)41)39(31,38(44)49)22-6-3-2-4-7-22/h2-16,18-19,29-31,33-34,42,45,50-51H,17,20H2,1H3. The minimum Gasteiger partial charge on any atom is -0.508 e. The summed E-state index contributed by atoms with van der Waals surface area (Å²) in [6.45, 7) is 1.94. The van der Waals surface area contributed by atoms with Crippen molar-refractivity contribution in [1.82, 2.24) is 5.01 Å². The molecule has 6 unspecified atom stereocenters. The fraction of sp³-hybridized carbons (Fsp3) is 0.231. The lowest BCUT2D eigenvalue weighted by Gasteiger charge is -2.50. The Morgan fingerprint density at radius 3 is 2.29 bits per heavy atom. The van der Waals surface area contributed by atoms with Gasteiger partial charge in [-0.3, -0.25) is 29.5 Å². The Bertz CT molecular complexity index is 2140. The molecule has 4 amide bonds. The van der Waals surface area contributed by atoms with E-state index in [1.54, 1.807) is 30.3 Å². The van der Waals surface area contributed by atoms with Crippen LogP contribution in [-0.2, 0) is 24.6 Å². The number of benzene rings is 4. The predicted octanol–water partition coefficient (Wildman–Crippen LogP) is 4.22. The van der Waals surface area contributed by atoms with Gasteiger partial charge in [0.1, 0.15) is 5.75 Å². The normalized spacial score (nSPS) is 26.8. The van der Waals surface area contributed by atoms with Gasteiger partial charge in [-0.1, -0.05) is 89.5 Å². The molecular formula is C39H33BClN3O7. The van der Waals surface area contributed by atoms with Gasteiger partial charge in [-0.15, -0.1) is 0 Å². The monoisotopic (exact) mass is 701 g/mol. The third kappa shape index (κ3) is 4.94. The van der Waals surface area contributed by atoms with Crippen LogP contribution in [0.5, 0.6) is 5.75 Å². The minimum absolute atomic E-state index is 0.0713. The molecule has 4 aromatic carbocycles. The van der Waals surface area contributed by atoms with Gasteiger partial charge in [0.25, 0.3) is 11.8 Å². The number of halogens is 1. The molecule has 6 atom stereocenters. The van der Waals surface area contributed by atoms with Crippen molar-refractivity contribution in [1.29, 1.82) is 0 Å². The Morgan fingerprint density at radius 2 is 1.59 bits per heavy atom. The van der Waals surface area contributed by atoms with Crippen molar-refractivity contribution in [2.45, 2.75) is 31.1 Å².